The van der Waals surface area contributed by atoms with E-state index in [1.54, 1.807) is 0 Å². The second kappa shape index (κ2) is 5.26. The first-order valence-corrected chi connectivity index (χ1v) is 4.81. The van der Waals surface area contributed by atoms with Gasteiger partial charge in [0.1, 0.15) is 5.75 Å². The predicted octanol–water partition coefficient (Wildman–Crippen LogP) is 1.92. The zero-order valence-corrected chi connectivity index (χ0v) is 9.62. The Kier molecular flexibility index (Phi) is 4.18. The zero-order chi connectivity index (χ0) is 13.9. The molecule has 0 saturated carbocycles. The summed E-state index contributed by atoms with van der Waals surface area (Å²) in [6.07, 6.45) is -6.38. The maximum Gasteiger partial charge on any atom is 0.416 e. The molecule has 18 heavy (non-hydrogen) atoms. The summed E-state index contributed by atoms with van der Waals surface area (Å²) in [4.78, 5) is 11.1. The van der Waals surface area contributed by atoms with Crippen LogP contribution < -0.4 is 4.74 Å². The Morgan fingerprint density at radius 1 is 1.28 bits per heavy atom. The van der Waals surface area contributed by atoms with E-state index in [1.807, 2.05) is 0 Å². The van der Waals surface area contributed by atoms with Gasteiger partial charge in [-0.1, -0.05) is 0 Å². The van der Waals surface area contributed by atoms with Crippen molar-refractivity contribution in [2.24, 2.45) is 0 Å². The van der Waals surface area contributed by atoms with E-state index in [0.29, 0.717) is 6.07 Å². The molecule has 0 aliphatic rings. The number of halogens is 3. The first-order valence-electron chi connectivity index (χ1n) is 4.81. The van der Waals surface area contributed by atoms with Crippen molar-refractivity contribution >= 4 is 5.97 Å². The molecule has 100 valence electrons. The van der Waals surface area contributed by atoms with Crippen LogP contribution in [0, 0.1) is 0 Å². The van der Waals surface area contributed by atoms with Crippen LogP contribution in [0.15, 0.2) is 18.2 Å². The predicted molar refractivity (Wildman–Crippen MR) is 55.0 cm³/mol. The number of carbonyl (C=O) groups excluding carboxylic acids is 1. The van der Waals surface area contributed by atoms with Crippen molar-refractivity contribution in [2.75, 3.05) is 14.2 Å². The van der Waals surface area contributed by atoms with Gasteiger partial charge in [-0.2, -0.15) is 13.2 Å². The van der Waals surface area contributed by atoms with E-state index in [0.717, 1.165) is 19.2 Å². The van der Waals surface area contributed by atoms with Crippen LogP contribution in [0.3, 0.4) is 0 Å². The number of esters is 1. The minimum Gasteiger partial charge on any atom is -0.497 e. The summed E-state index contributed by atoms with van der Waals surface area (Å²) >= 11 is 0. The number of benzene rings is 1. The molecule has 1 atom stereocenters. The lowest BCUT2D eigenvalue weighted by molar-refractivity contribution is -0.151. The molecule has 1 rings (SSSR count). The summed E-state index contributed by atoms with van der Waals surface area (Å²) in [7, 11) is 2.21. The standard InChI is InChI=1S/C11H11F3O4/c1-17-8-4-6(9(15)10(16)18-2)3-7(5-8)11(12,13)14/h3-5,9,15H,1-2H3. The van der Waals surface area contributed by atoms with Crippen molar-refractivity contribution in [3.8, 4) is 5.75 Å². The van der Waals surface area contributed by atoms with E-state index in [-0.39, 0.29) is 11.3 Å². The first-order chi connectivity index (χ1) is 8.29. The van der Waals surface area contributed by atoms with Crippen molar-refractivity contribution in [3.05, 3.63) is 29.3 Å². The van der Waals surface area contributed by atoms with Crippen molar-refractivity contribution in [3.63, 3.8) is 0 Å². The summed E-state index contributed by atoms with van der Waals surface area (Å²) in [6, 6.07) is 2.58. The molecule has 0 heterocycles. The molecule has 0 radical (unpaired) electrons. The first kappa shape index (κ1) is 14.3. The van der Waals surface area contributed by atoms with Crippen molar-refractivity contribution in [1.82, 2.24) is 0 Å². The number of hydrogen-bond acceptors (Lipinski definition) is 4. The van der Waals surface area contributed by atoms with Gasteiger partial charge in [-0.05, 0) is 23.8 Å². The molecule has 1 aromatic carbocycles. The second-order valence-electron chi connectivity index (χ2n) is 3.42. The summed E-state index contributed by atoms with van der Waals surface area (Å²) in [5.74, 6) is -1.15. The van der Waals surface area contributed by atoms with E-state index < -0.39 is 23.8 Å². The van der Waals surface area contributed by atoms with E-state index in [1.165, 1.54) is 7.11 Å². The van der Waals surface area contributed by atoms with Gasteiger partial charge in [-0.25, -0.2) is 4.79 Å². The molecular weight excluding hydrogens is 253 g/mol. The van der Waals surface area contributed by atoms with Crippen LogP contribution in [0.2, 0.25) is 0 Å². The van der Waals surface area contributed by atoms with Gasteiger partial charge in [0.15, 0.2) is 6.10 Å². The SMILES string of the molecule is COC(=O)C(O)c1cc(OC)cc(C(F)(F)F)c1. The summed E-state index contributed by atoms with van der Waals surface area (Å²) < 4.78 is 46.7. The van der Waals surface area contributed by atoms with Crippen LogP contribution in [-0.4, -0.2) is 25.3 Å². The van der Waals surface area contributed by atoms with Crippen LogP contribution in [0.5, 0.6) is 5.75 Å². The number of aliphatic hydroxyl groups excluding tert-OH is 1. The van der Waals surface area contributed by atoms with Crippen molar-refractivity contribution in [1.29, 1.82) is 0 Å². The smallest absolute Gasteiger partial charge is 0.416 e. The lowest BCUT2D eigenvalue weighted by atomic mass is 10.0. The molecule has 1 N–H and O–H groups in total. The number of hydrogen-bond donors (Lipinski definition) is 1. The summed E-state index contributed by atoms with van der Waals surface area (Å²) in [5, 5.41) is 9.50. The van der Waals surface area contributed by atoms with Crippen LogP contribution in [0.1, 0.15) is 17.2 Å². The number of methoxy groups -OCH3 is 2. The largest absolute Gasteiger partial charge is 0.497 e. The molecule has 0 fully saturated rings. The van der Waals surface area contributed by atoms with Crippen LogP contribution in [-0.2, 0) is 15.7 Å². The lowest BCUT2D eigenvalue weighted by Gasteiger charge is -2.14. The fraction of sp³-hybridized carbons (Fsp3) is 0.364. The number of rotatable bonds is 3. The molecule has 7 heteroatoms. The topological polar surface area (TPSA) is 55.8 Å². The third-order valence-corrected chi connectivity index (χ3v) is 2.23. The van der Waals surface area contributed by atoms with E-state index >= 15 is 0 Å². The molecule has 1 unspecified atom stereocenters. The highest BCUT2D eigenvalue weighted by molar-refractivity contribution is 5.76. The molecule has 0 aliphatic heterocycles. The fourth-order valence-corrected chi connectivity index (χ4v) is 1.31. The Hall–Kier alpha value is -1.76. The van der Waals surface area contributed by atoms with Gasteiger partial charge in [0.2, 0.25) is 0 Å². The molecule has 1 aromatic rings. The number of ether oxygens (including phenoxy) is 2. The Labute approximate surface area is 101 Å². The number of carbonyl (C=O) groups is 1. The molecule has 4 nitrogen and oxygen atoms in total. The van der Waals surface area contributed by atoms with Gasteiger partial charge in [0.05, 0.1) is 19.8 Å². The van der Waals surface area contributed by atoms with Gasteiger partial charge in [0.25, 0.3) is 0 Å². The lowest BCUT2D eigenvalue weighted by Crippen LogP contribution is -2.15. The fourth-order valence-electron chi connectivity index (χ4n) is 1.31. The molecule has 0 aliphatic carbocycles. The minimum absolute atomic E-state index is 0.109. The van der Waals surface area contributed by atoms with Gasteiger partial charge in [0, 0.05) is 0 Å². The Bertz CT molecular complexity index is 442. The monoisotopic (exact) mass is 264 g/mol. The van der Waals surface area contributed by atoms with Crippen LogP contribution in [0.4, 0.5) is 13.2 Å². The average Bonchev–Trinajstić information content (AvgIpc) is 2.35. The van der Waals surface area contributed by atoms with Gasteiger partial charge in [-0.3, -0.25) is 0 Å². The highest BCUT2D eigenvalue weighted by Crippen LogP contribution is 2.34. The number of alkyl halides is 3. The maximum atomic E-state index is 12.6. The normalized spacial score (nSPS) is 13.0. The molecular formula is C11H11F3O4. The van der Waals surface area contributed by atoms with Gasteiger partial charge >= 0.3 is 12.1 Å². The van der Waals surface area contributed by atoms with Gasteiger partial charge < -0.3 is 14.6 Å². The molecule has 0 bridgehead atoms. The Morgan fingerprint density at radius 2 is 1.89 bits per heavy atom. The summed E-state index contributed by atoms with van der Waals surface area (Å²) in [6.45, 7) is 0. The molecule has 0 spiro atoms. The van der Waals surface area contributed by atoms with E-state index in [2.05, 4.69) is 4.74 Å². The molecule has 0 aromatic heterocycles. The Balaban J connectivity index is 3.24. The van der Waals surface area contributed by atoms with Gasteiger partial charge in [-0.15, -0.1) is 0 Å². The molecule has 0 saturated heterocycles. The third kappa shape index (κ3) is 3.13. The van der Waals surface area contributed by atoms with Crippen LogP contribution >= 0.6 is 0 Å². The van der Waals surface area contributed by atoms with E-state index in [4.69, 9.17) is 4.74 Å². The highest BCUT2D eigenvalue weighted by Gasteiger charge is 2.32. The van der Waals surface area contributed by atoms with Crippen molar-refractivity contribution in [2.45, 2.75) is 12.3 Å². The van der Waals surface area contributed by atoms with Crippen LogP contribution in [0.25, 0.3) is 0 Å². The summed E-state index contributed by atoms with van der Waals surface area (Å²) in [5.41, 5.74) is -1.26. The quantitative estimate of drug-likeness (QED) is 0.847. The highest BCUT2D eigenvalue weighted by atomic mass is 19.4. The average molecular weight is 264 g/mol. The third-order valence-electron chi connectivity index (χ3n) is 2.23. The maximum absolute atomic E-state index is 12.6. The second-order valence-corrected chi connectivity index (χ2v) is 3.42. The number of aliphatic hydroxyl groups is 1. The van der Waals surface area contributed by atoms with E-state index in [9.17, 15) is 23.1 Å². The Morgan fingerprint density at radius 3 is 2.33 bits per heavy atom. The molecule has 0 amide bonds. The minimum atomic E-state index is -4.60. The van der Waals surface area contributed by atoms with Crippen molar-refractivity contribution < 1.29 is 32.5 Å². The zero-order valence-electron chi connectivity index (χ0n) is 9.62.